The third-order valence-corrected chi connectivity index (χ3v) is 5.02. The molecule has 0 aromatic carbocycles. The number of nitrogens with zero attached hydrogens (tertiary/aromatic N) is 4. The molecule has 0 unspecified atom stereocenters. The van der Waals surface area contributed by atoms with Gasteiger partial charge in [0.25, 0.3) is 0 Å². The van der Waals surface area contributed by atoms with Crippen LogP contribution in [0.15, 0.2) is 12.4 Å². The fourth-order valence-electron chi connectivity index (χ4n) is 3.38. The summed E-state index contributed by atoms with van der Waals surface area (Å²) in [4.78, 5) is 8.97. The molecular formula is C19H29FN6O. The number of aliphatic hydroxyl groups excluding tert-OH is 1. The van der Waals surface area contributed by atoms with Gasteiger partial charge in [-0.1, -0.05) is 6.92 Å². The number of aromatic nitrogens is 4. The van der Waals surface area contributed by atoms with Crippen LogP contribution in [0.25, 0.3) is 11.3 Å². The third kappa shape index (κ3) is 4.94. The molecule has 1 atom stereocenters. The Balaban J connectivity index is 1.86. The quantitative estimate of drug-likeness (QED) is 0.688. The van der Waals surface area contributed by atoms with E-state index in [4.69, 9.17) is 0 Å². The van der Waals surface area contributed by atoms with E-state index in [0.717, 1.165) is 42.5 Å². The number of anilines is 2. The van der Waals surface area contributed by atoms with Crippen LogP contribution in [0.3, 0.4) is 0 Å². The molecule has 3 N–H and O–H groups in total. The predicted molar refractivity (Wildman–Crippen MR) is 105 cm³/mol. The molecule has 1 saturated carbocycles. The molecule has 2 aromatic rings. The van der Waals surface area contributed by atoms with Crippen LogP contribution in [0.4, 0.5) is 16.2 Å². The van der Waals surface area contributed by atoms with Crippen molar-refractivity contribution in [1.82, 2.24) is 19.7 Å². The molecule has 148 valence electrons. The van der Waals surface area contributed by atoms with E-state index in [0.29, 0.717) is 18.2 Å². The standard InChI is InChI=1S/C19H29FN6O/c1-4-13(20)9-21-19-22-10-16(17-12(2)11-26(3)25-17)18(24-19)23-14-5-7-15(27)8-6-14/h10-11,13-15,27H,4-9H2,1-3H3,(H2,21,22,23,24)/t13-,14-,15-/m0/s1. The number of halogens is 1. The highest BCUT2D eigenvalue weighted by molar-refractivity contribution is 5.74. The Morgan fingerprint density at radius 2 is 2.07 bits per heavy atom. The average Bonchev–Trinajstić information content (AvgIpc) is 2.99. The zero-order valence-corrected chi connectivity index (χ0v) is 16.2. The van der Waals surface area contributed by atoms with Gasteiger partial charge >= 0.3 is 0 Å². The highest BCUT2D eigenvalue weighted by Crippen LogP contribution is 2.30. The number of hydrogen-bond acceptors (Lipinski definition) is 6. The second-order valence-electron chi connectivity index (χ2n) is 7.33. The Bertz CT molecular complexity index is 757. The van der Waals surface area contributed by atoms with Gasteiger partial charge in [0.15, 0.2) is 0 Å². The van der Waals surface area contributed by atoms with Crippen molar-refractivity contribution in [3.05, 3.63) is 18.0 Å². The van der Waals surface area contributed by atoms with Crippen LogP contribution in [0.2, 0.25) is 0 Å². The summed E-state index contributed by atoms with van der Waals surface area (Å²) in [5.41, 5.74) is 2.70. The Morgan fingerprint density at radius 1 is 1.33 bits per heavy atom. The van der Waals surface area contributed by atoms with Crippen LogP contribution >= 0.6 is 0 Å². The maximum absolute atomic E-state index is 13.6. The summed E-state index contributed by atoms with van der Waals surface area (Å²) < 4.78 is 15.3. The first-order valence-electron chi connectivity index (χ1n) is 9.66. The molecule has 3 rings (SSSR count). The van der Waals surface area contributed by atoms with Crippen LogP contribution in [0.1, 0.15) is 44.6 Å². The minimum absolute atomic E-state index is 0.188. The van der Waals surface area contributed by atoms with Crippen molar-refractivity contribution in [2.75, 3.05) is 17.2 Å². The maximum atomic E-state index is 13.6. The van der Waals surface area contributed by atoms with Crippen molar-refractivity contribution in [3.63, 3.8) is 0 Å². The van der Waals surface area contributed by atoms with E-state index >= 15 is 0 Å². The number of aryl methyl sites for hydroxylation is 2. The SMILES string of the molecule is CC[C@H](F)CNc1ncc(-c2nn(C)cc2C)c(N[C@H]2CC[C@H](O)CC2)n1. The van der Waals surface area contributed by atoms with Crippen LogP contribution in [-0.4, -0.2) is 49.7 Å². The molecule has 7 nitrogen and oxygen atoms in total. The van der Waals surface area contributed by atoms with Gasteiger partial charge in [-0.3, -0.25) is 4.68 Å². The van der Waals surface area contributed by atoms with Crippen molar-refractivity contribution in [2.24, 2.45) is 7.05 Å². The topological polar surface area (TPSA) is 87.9 Å². The van der Waals surface area contributed by atoms with Crippen molar-refractivity contribution in [2.45, 2.75) is 64.3 Å². The van der Waals surface area contributed by atoms with Crippen LogP contribution < -0.4 is 10.6 Å². The number of nitrogens with one attached hydrogen (secondary N) is 2. The molecule has 0 spiro atoms. The van der Waals surface area contributed by atoms with Crippen molar-refractivity contribution in [3.8, 4) is 11.3 Å². The number of hydrogen-bond donors (Lipinski definition) is 3. The number of rotatable bonds is 7. The highest BCUT2D eigenvalue weighted by Gasteiger charge is 2.22. The Morgan fingerprint density at radius 3 is 2.70 bits per heavy atom. The van der Waals surface area contributed by atoms with Gasteiger partial charge in [0.05, 0.1) is 11.7 Å². The van der Waals surface area contributed by atoms with Gasteiger partial charge in [-0.25, -0.2) is 9.37 Å². The molecule has 0 bridgehead atoms. The molecule has 1 aliphatic carbocycles. The lowest BCUT2D eigenvalue weighted by Crippen LogP contribution is -2.29. The summed E-state index contributed by atoms with van der Waals surface area (Å²) in [6.07, 6.45) is 6.35. The van der Waals surface area contributed by atoms with Crippen LogP contribution in [-0.2, 0) is 7.05 Å². The van der Waals surface area contributed by atoms with Gasteiger partial charge in [0, 0.05) is 32.0 Å². The summed E-state index contributed by atoms with van der Waals surface area (Å²) in [5, 5.41) is 20.8. The van der Waals surface area contributed by atoms with E-state index < -0.39 is 6.17 Å². The highest BCUT2D eigenvalue weighted by atomic mass is 19.1. The lowest BCUT2D eigenvalue weighted by Gasteiger charge is -2.27. The Hall–Kier alpha value is -2.22. The number of alkyl halides is 1. The molecule has 27 heavy (non-hydrogen) atoms. The second-order valence-corrected chi connectivity index (χ2v) is 7.33. The second kappa shape index (κ2) is 8.65. The van der Waals surface area contributed by atoms with E-state index in [9.17, 15) is 9.50 Å². The first kappa shape index (κ1) is 19.5. The van der Waals surface area contributed by atoms with Crippen molar-refractivity contribution in [1.29, 1.82) is 0 Å². The van der Waals surface area contributed by atoms with Crippen molar-refractivity contribution < 1.29 is 9.50 Å². The smallest absolute Gasteiger partial charge is 0.224 e. The summed E-state index contributed by atoms with van der Waals surface area (Å²) in [6.45, 7) is 4.00. The van der Waals surface area contributed by atoms with Gasteiger partial charge in [0.1, 0.15) is 17.7 Å². The summed E-state index contributed by atoms with van der Waals surface area (Å²) in [5.74, 6) is 1.10. The minimum Gasteiger partial charge on any atom is -0.393 e. The van der Waals surface area contributed by atoms with Gasteiger partial charge in [-0.2, -0.15) is 10.1 Å². The normalized spacial score (nSPS) is 21.1. The molecule has 0 amide bonds. The first-order valence-corrected chi connectivity index (χ1v) is 9.66. The van der Waals surface area contributed by atoms with E-state index in [1.807, 2.05) is 27.1 Å². The molecule has 1 fully saturated rings. The monoisotopic (exact) mass is 376 g/mol. The van der Waals surface area contributed by atoms with Crippen LogP contribution in [0, 0.1) is 6.92 Å². The molecule has 0 aliphatic heterocycles. The predicted octanol–water partition coefficient (Wildman–Crippen LogP) is 3.06. The average molecular weight is 376 g/mol. The van der Waals surface area contributed by atoms with E-state index in [2.05, 4.69) is 25.7 Å². The first-order chi connectivity index (χ1) is 13.0. The van der Waals surface area contributed by atoms with E-state index in [1.54, 1.807) is 10.9 Å². The van der Waals surface area contributed by atoms with E-state index in [-0.39, 0.29) is 18.7 Å². The largest absolute Gasteiger partial charge is 0.393 e. The van der Waals surface area contributed by atoms with E-state index in [1.165, 1.54) is 0 Å². The summed E-state index contributed by atoms with van der Waals surface area (Å²) in [6, 6.07) is 0.239. The fourth-order valence-corrected chi connectivity index (χ4v) is 3.38. The summed E-state index contributed by atoms with van der Waals surface area (Å²) in [7, 11) is 1.88. The minimum atomic E-state index is -0.928. The zero-order chi connectivity index (χ0) is 19.4. The van der Waals surface area contributed by atoms with Crippen LogP contribution in [0.5, 0.6) is 0 Å². The van der Waals surface area contributed by atoms with Gasteiger partial charge in [0.2, 0.25) is 5.95 Å². The Labute approximate surface area is 159 Å². The molecule has 1 aliphatic rings. The molecule has 0 saturated heterocycles. The summed E-state index contributed by atoms with van der Waals surface area (Å²) >= 11 is 0. The number of aliphatic hydroxyl groups is 1. The Kier molecular flexibility index (Phi) is 6.26. The zero-order valence-electron chi connectivity index (χ0n) is 16.2. The molecule has 2 aromatic heterocycles. The molecule has 2 heterocycles. The molecule has 0 radical (unpaired) electrons. The van der Waals surface area contributed by atoms with Crippen molar-refractivity contribution >= 4 is 11.8 Å². The van der Waals surface area contributed by atoms with Gasteiger partial charge in [-0.05, 0) is 44.6 Å². The van der Waals surface area contributed by atoms with Gasteiger partial charge in [-0.15, -0.1) is 0 Å². The lowest BCUT2D eigenvalue weighted by atomic mass is 9.93. The molecular weight excluding hydrogens is 347 g/mol. The fraction of sp³-hybridized carbons (Fsp3) is 0.632. The third-order valence-electron chi connectivity index (χ3n) is 5.02. The molecule has 8 heteroatoms. The van der Waals surface area contributed by atoms with Gasteiger partial charge < -0.3 is 15.7 Å². The lowest BCUT2D eigenvalue weighted by molar-refractivity contribution is 0.126. The maximum Gasteiger partial charge on any atom is 0.224 e.